The van der Waals surface area contributed by atoms with E-state index in [4.69, 9.17) is 5.73 Å². The Bertz CT molecular complexity index is 397. The summed E-state index contributed by atoms with van der Waals surface area (Å²) in [5.74, 6) is -0.686. The van der Waals surface area contributed by atoms with Crippen LogP contribution < -0.4 is 5.73 Å². The zero-order valence-electron chi connectivity index (χ0n) is 8.90. The first-order valence-corrected chi connectivity index (χ1v) is 5.32. The van der Waals surface area contributed by atoms with Gasteiger partial charge >= 0.3 is 0 Å². The van der Waals surface area contributed by atoms with Crippen LogP contribution >= 0.6 is 0 Å². The molecular weight excluding hydrogens is 209 g/mol. The Morgan fingerprint density at radius 3 is 3.06 bits per heavy atom. The Hall–Kier alpha value is -1.49. The highest BCUT2D eigenvalue weighted by atomic mass is 19.1. The summed E-state index contributed by atoms with van der Waals surface area (Å²) >= 11 is 0. The zero-order valence-corrected chi connectivity index (χ0v) is 8.90. The standard InChI is InChI=1S/C11H14FN3O/c12-9-4-8(5-14-6-9)11(16)15-3-1-2-10(13)7-15/h4-6,10H,1-3,7,13H2. The second-order valence-electron chi connectivity index (χ2n) is 4.05. The van der Waals surface area contributed by atoms with E-state index < -0.39 is 5.82 Å². The predicted octanol–water partition coefficient (Wildman–Crippen LogP) is 0.784. The summed E-state index contributed by atoms with van der Waals surface area (Å²) < 4.78 is 12.9. The van der Waals surface area contributed by atoms with Gasteiger partial charge < -0.3 is 10.6 Å². The van der Waals surface area contributed by atoms with Crippen LogP contribution in [-0.2, 0) is 0 Å². The molecule has 2 rings (SSSR count). The molecule has 1 unspecified atom stereocenters. The quantitative estimate of drug-likeness (QED) is 0.765. The number of aromatic nitrogens is 1. The molecule has 0 radical (unpaired) electrons. The number of pyridine rings is 1. The van der Waals surface area contributed by atoms with E-state index in [-0.39, 0.29) is 17.5 Å². The number of hydrogen-bond donors (Lipinski definition) is 1. The molecular formula is C11H14FN3O. The molecule has 0 bridgehead atoms. The summed E-state index contributed by atoms with van der Waals surface area (Å²) in [7, 11) is 0. The second-order valence-corrected chi connectivity index (χ2v) is 4.05. The molecule has 0 spiro atoms. The average Bonchev–Trinajstić information content (AvgIpc) is 2.28. The van der Waals surface area contributed by atoms with Gasteiger partial charge in [-0.15, -0.1) is 0 Å². The molecule has 1 saturated heterocycles. The number of amides is 1. The average molecular weight is 223 g/mol. The van der Waals surface area contributed by atoms with Crippen LogP contribution in [0.4, 0.5) is 4.39 Å². The Morgan fingerprint density at radius 1 is 1.56 bits per heavy atom. The number of carbonyl (C=O) groups is 1. The van der Waals surface area contributed by atoms with Crippen molar-refractivity contribution in [3.05, 3.63) is 29.8 Å². The first-order chi connectivity index (χ1) is 7.66. The minimum Gasteiger partial charge on any atom is -0.337 e. The number of carbonyl (C=O) groups excluding carboxylic acids is 1. The van der Waals surface area contributed by atoms with E-state index >= 15 is 0 Å². The molecule has 2 heterocycles. The number of likely N-dealkylation sites (tertiary alicyclic amines) is 1. The number of nitrogens with zero attached hydrogens (tertiary/aromatic N) is 2. The van der Waals surface area contributed by atoms with Gasteiger partial charge in [0, 0.05) is 25.3 Å². The highest BCUT2D eigenvalue weighted by Gasteiger charge is 2.22. The Labute approximate surface area is 93.3 Å². The van der Waals surface area contributed by atoms with Crippen LogP contribution in [0.25, 0.3) is 0 Å². The van der Waals surface area contributed by atoms with Gasteiger partial charge in [0.25, 0.3) is 5.91 Å². The maximum atomic E-state index is 12.9. The van der Waals surface area contributed by atoms with Gasteiger partial charge in [-0.05, 0) is 18.9 Å². The summed E-state index contributed by atoms with van der Waals surface area (Å²) in [6.07, 6.45) is 4.30. The van der Waals surface area contributed by atoms with E-state index in [0.717, 1.165) is 19.0 Å². The Balaban J connectivity index is 2.12. The third kappa shape index (κ3) is 2.36. The predicted molar refractivity (Wildman–Crippen MR) is 57.3 cm³/mol. The van der Waals surface area contributed by atoms with Crippen molar-refractivity contribution in [2.45, 2.75) is 18.9 Å². The SMILES string of the molecule is NC1CCCN(C(=O)c2cncc(F)c2)C1. The maximum Gasteiger partial charge on any atom is 0.255 e. The molecule has 1 amide bonds. The minimum absolute atomic E-state index is 0.0271. The largest absolute Gasteiger partial charge is 0.337 e. The molecule has 86 valence electrons. The molecule has 2 N–H and O–H groups in total. The van der Waals surface area contributed by atoms with Crippen LogP contribution in [0, 0.1) is 5.82 Å². The van der Waals surface area contributed by atoms with Crippen molar-refractivity contribution >= 4 is 5.91 Å². The van der Waals surface area contributed by atoms with Crippen LogP contribution in [0.2, 0.25) is 0 Å². The van der Waals surface area contributed by atoms with Crippen molar-refractivity contribution < 1.29 is 9.18 Å². The van der Waals surface area contributed by atoms with Crippen LogP contribution in [0.1, 0.15) is 23.2 Å². The summed E-state index contributed by atoms with van der Waals surface area (Å²) in [5, 5.41) is 0. The van der Waals surface area contributed by atoms with Crippen molar-refractivity contribution in [3.63, 3.8) is 0 Å². The van der Waals surface area contributed by atoms with E-state index in [0.29, 0.717) is 13.1 Å². The van der Waals surface area contributed by atoms with Crippen LogP contribution in [-0.4, -0.2) is 34.9 Å². The van der Waals surface area contributed by atoms with Gasteiger partial charge in [0.15, 0.2) is 0 Å². The van der Waals surface area contributed by atoms with Crippen molar-refractivity contribution in [2.75, 3.05) is 13.1 Å². The van der Waals surface area contributed by atoms with E-state index in [1.807, 2.05) is 0 Å². The number of rotatable bonds is 1. The summed E-state index contributed by atoms with van der Waals surface area (Å²) in [5.41, 5.74) is 6.07. The zero-order chi connectivity index (χ0) is 11.5. The fourth-order valence-electron chi connectivity index (χ4n) is 1.91. The topological polar surface area (TPSA) is 59.2 Å². The van der Waals surface area contributed by atoms with E-state index in [9.17, 15) is 9.18 Å². The van der Waals surface area contributed by atoms with Gasteiger partial charge in [0.2, 0.25) is 0 Å². The summed E-state index contributed by atoms with van der Waals surface area (Å²) in [4.78, 5) is 17.3. The second kappa shape index (κ2) is 4.57. The van der Waals surface area contributed by atoms with Gasteiger partial charge in [-0.3, -0.25) is 9.78 Å². The number of nitrogens with two attached hydrogens (primary N) is 1. The molecule has 1 aromatic heterocycles. The van der Waals surface area contributed by atoms with Gasteiger partial charge in [0.05, 0.1) is 11.8 Å². The third-order valence-corrected chi connectivity index (χ3v) is 2.70. The van der Waals surface area contributed by atoms with Crippen molar-refractivity contribution in [3.8, 4) is 0 Å². The lowest BCUT2D eigenvalue weighted by Crippen LogP contribution is -2.45. The minimum atomic E-state index is -0.493. The lowest BCUT2D eigenvalue weighted by atomic mass is 10.1. The number of hydrogen-bond acceptors (Lipinski definition) is 3. The molecule has 1 atom stereocenters. The highest BCUT2D eigenvalue weighted by molar-refractivity contribution is 5.94. The molecule has 0 aliphatic carbocycles. The smallest absolute Gasteiger partial charge is 0.255 e. The van der Waals surface area contributed by atoms with Gasteiger partial charge in [-0.2, -0.15) is 0 Å². The number of piperidine rings is 1. The fraction of sp³-hybridized carbons (Fsp3) is 0.455. The van der Waals surface area contributed by atoms with Gasteiger partial charge in [-0.25, -0.2) is 4.39 Å². The number of halogens is 1. The lowest BCUT2D eigenvalue weighted by Gasteiger charge is -2.30. The van der Waals surface area contributed by atoms with E-state index in [1.54, 1.807) is 4.90 Å². The van der Waals surface area contributed by atoms with Crippen molar-refractivity contribution in [2.24, 2.45) is 5.73 Å². The maximum absolute atomic E-state index is 12.9. The molecule has 0 aromatic carbocycles. The lowest BCUT2D eigenvalue weighted by molar-refractivity contribution is 0.0708. The van der Waals surface area contributed by atoms with Crippen molar-refractivity contribution in [1.29, 1.82) is 0 Å². The van der Waals surface area contributed by atoms with Gasteiger partial charge in [-0.1, -0.05) is 0 Å². The molecule has 0 saturated carbocycles. The van der Waals surface area contributed by atoms with Gasteiger partial charge in [0.1, 0.15) is 5.82 Å². The van der Waals surface area contributed by atoms with Crippen LogP contribution in [0.3, 0.4) is 0 Å². The summed E-state index contributed by atoms with van der Waals surface area (Å²) in [6, 6.07) is 1.23. The molecule has 1 aliphatic rings. The van der Waals surface area contributed by atoms with Crippen LogP contribution in [0.5, 0.6) is 0 Å². The normalized spacial score (nSPS) is 20.9. The Kier molecular flexibility index (Phi) is 3.14. The molecule has 4 nitrogen and oxygen atoms in total. The van der Waals surface area contributed by atoms with Crippen LogP contribution in [0.15, 0.2) is 18.5 Å². The molecule has 1 fully saturated rings. The molecule has 5 heteroatoms. The highest BCUT2D eigenvalue weighted by Crippen LogP contribution is 2.12. The third-order valence-electron chi connectivity index (χ3n) is 2.70. The van der Waals surface area contributed by atoms with Crippen molar-refractivity contribution in [1.82, 2.24) is 9.88 Å². The van der Waals surface area contributed by atoms with E-state index in [1.165, 1.54) is 12.3 Å². The summed E-state index contributed by atoms with van der Waals surface area (Å²) in [6.45, 7) is 1.22. The molecule has 1 aromatic rings. The van der Waals surface area contributed by atoms with E-state index in [2.05, 4.69) is 4.98 Å². The Morgan fingerprint density at radius 2 is 2.38 bits per heavy atom. The fourth-order valence-corrected chi connectivity index (χ4v) is 1.91. The molecule has 1 aliphatic heterocycles. The first-order valence-electron chi connectivity index (χ1n) is 5.32. The first kappa shape index (κ1) is 11.0. The monoisotopic (exact) mass is 223 g/mol. The molecule has 16 heavy (non-hydrogen) atoms.